The minimum Gasteiger partial charge on any atom is -0.494 e. The first-order chi connectivity index (χ1) is 25.8. The summed E-state index contributed by atoms with van der Waals surface area (Å²) in [4.78, 5) is 13.0. The van der Waals surface area contributed by atoms with Gasteiger partial charge >= 0.3 is 0 Å². The molecule has 310 valence electrons. The Morgan fingerprint density at radius 1 is 0.981 bits per heavy atom. The number of aliphatic hydroxyl groups is 6. The Bertz CT molecular complexity index is 1210. The molecule has 0 amide bonds. The fourth-order valence-corrected chi connectivity index (χ4v) is 6.25. The second kappa shape index (κ2) is 30.6. The van der Waals surface area contributed by atoms with Gasteiger partial charge in [0.2, 0.25) is 0 Å². The molecule has 2 heterocycles. The second-order valence-corrected chi connectivity index (χ2v) is 14.4. The van der Waals surface area contributed by atoms with Gasteiger partial charge in [-0.1, -0.05) is 103 Å². The molecule has 1 aliphatic carbocycles. The van der Waals surface area contributed by atoms with Gasteiger partial charge < -0.3 is 40.2 Å². The highest BCUT2D eigenvalue weighted by atomic mass is 16.5. The van der Waals surface area contributed by atoms with Crippen molar-refractivity contribution in [2.45, 2.75) is 156 Å². The summed E-state index contributed by atoms with van der Waals surface area (Å²) in [6, 6.07) is -0.265. The molecule has 0 aromatic heterocycles. The number of aliphatic hydroxyl groups excluding tert-OH is 6. The van der Waals surface area contributed by atoms with Crippen molar-refractivity contribution in [2.75, 3.05) is 39.4 Å². The van der Waals surface area contributed by atoms with Gasteiger partial charge in [-0.3, -0.25) is 9.80 Å². The summed E-state index contributed by atoms with van der Waals surface area (Å²) >= 11 is 0. The number of allylic oxidation sites excluding steroid dienone is 3. The molecule has 0 aromatic rings. The summed E-state index contributed by atoms with van der Waals surface area (Å²) in [7, 11) is 0. The fraction of sp³-hybridized carbons (Fsp3) is 0.705. The fourth-order valence-electron chi connectivity index (χ4n) is 6.25. The first-order valence-corrected chi connectivity index (χ1v) is 20.2. The summed E-state index contributed by atoms with van der Waals surface area (Å²) in [6.45, 7) is 23.1. The molecule has 3 rings (SSSR count). The molecule has 10 heteroatoms. The van der Waals surface area contributed by atoms with E-state index >= 15 is 0 Å². The zero-order valence-corrected chi connectivity index (χ0v) is 34.8. The number of hydrogen-bond acceptors (Lipinski definition) is 10. The summed E-state index contributed by atoms with van der Waals surface area (Å²) in [5.74, 6) is 6.54. The van der Waals surface area contributed by atoms with Crippen LogP contribution in [-0.2, 0) is 9.53 Å². The van der Waals surface area contributed by atoms with Crippen molar-refractivity contribution >= 4 is 6.29 Å². The summed E-state index contributed by atoms with van der Waals surface area (Å²) < 4.78 is 5.65. The maximum atomic E-state index is 10.1. The van der Waals surface area contributed by atoms with Crippen molar-refractivity contribution in [3.63, 3.8) is 0 Å². The van der Waals surface area contributed by atoms with E-state index in [0.717, 1.165) is 68.2 Å². The Hall–Kier alpha value is -2.59. The number of likely N-dealkylation sites (tertiary alicyclic amines) is 2. The molecule has 6 N–H and O–H groups in total. The van der Waals surface area contributed by atoms with Crippen LogP contribution in [0.25, 0.3) is 0 Å². The molecule has 8 atom stereocenters. The van der Waals surface area contributed by atoms with E-state index in [-0.39, 0.29) is 25.2 Å². The minimum absolute atomic E-state index is 0.186. The van der Waals surface area contributed by atoms with Crippen LogP contribution in [0.2, 0.25) is 0 Å². The molecule has 0 saturated carbocycles. The van der Waals surface area contributed by atoms with Crippen molar-refractivity contribution in [2.24, 2.45) is 5.92 Å². The van der Waals surface area contributed by atoms with Crippen LogP contribution in [0, 0.1) is 17.8 Å². The van der Waals surface area contributed by atoms with Crippen LogP contribution in [-0.4, -0.2) is 129 Å². The number of rotatable bonds is 15. The lowest BCUT2D eigenvalue weighted by Crippen LogP contribution is -2.62. The van der Waals surface area contributed by atoms with E-state index < -0.39 is 30.5 Å². The van der Waals surface area contributed by atoms with Gasteiger partial charge in [-0.05, 0) is 87.8 Å². The maximum absolute atomic E-state index is 10.1. The smallest absolute Gasteiger partial charge is 0.134 e. The molecule has 3 unspecified atom stereocenters. The molecule has 10 nitrogen and oxygen atoms in total. The van der Waals surface area contributed by atoms with Crippen LogP contribution >= 0.6 is 0 Å². The average Bonchev–Trinajstić information content (AvgIpc) is 3.42. The van der Waals surface area contributed by atoms with E-state index in [1.165, 1.54) is 32.6 Å². The van der Waals surface area contributed by atoms with E-state index in [1.807, 2.05) is 32.1 Å². The first-order valence-electron chi connectivity index (χ1n) is 20.2. The van der Waals surface area contributed by atoms with Gasteiger partial charge in [0.25, 0.3) is 0 Å². The molecular weight excluding hydrogens is 684 g/mol. The van der Waals surface area contributed by atoms with E-state index in [9.17, 15) is 30.6 Å². The highest BCUT2D eigenvalue weighted by Gasteiger charge is 2.41. The number of carbonyl (C=O) groups excluding carboxylic acids is 1. The predicted octanol–water partition coefficient (Wildman–Crippen LogP) is 5.48. The third-order valence-electron chi connectivity index (χ3n) is 9.90. The van der Waals surface area contributed by atoms with E-state index in [1.54, 1.807) is 11.0 Å². The molecule has 0 spiro atoms. The topological polar surface area (TPSA) is 154 Å². The number of nitrogens with zero attached hydrogens (tertiary/aromatic N) is 2. The number of β-amino-alcohol motifs (C(OH)–C–C–N with tert-alkyl or cyclic N) is 1. The monoisotopic (exact) mass is 761 g/mol. The number of hydrogen-bond donors (Lipinski definition) is 6. The number of unbranched alkanes of at least 4 members (excludes halogenated alkanes) is 4. The van der Waals surface area contributed by atoms with Gasteiger partial charge in [-0.15, -0.1) is 0 Å². The molecule has 2 saturated heterocycles. The van der Waals surface area contributed by atoms with Crippen molar-refractivity contribution < 1.29 is 40.2 Å². The van der Waals surface area contributed by atoms with Crippen molar-refractivity contribution in [1.29, 1.82) is 0 Å². The lowest BCUT2D eigenvalue weighted by molar-refractivity contribution is -0.142. The molecule has 3 aliphatic rings. The van der Waals surface area contributed by atoms with Gasteiger partial charge in [0.15, 0.2) is 0 Å². The summed E-state index contributed by atoms with van der Waals surface area (Å²) in [6.07, 6.45) is 16.3. The zero-order chi connectivity index (χ0) is 41.1. The van der Waals surface area contributed by atoms with Crippen molar-refractivity contribution in [3.05, 3.63) is 59.4 Å². The molecule has 2 fully saturated rings. The molecule has 0 bridgehead atoms. The van der Waals surface area contributed by atoms with Crippen LogP contribution in [0.15, 0.2) is 59.4 Å². The number of aldehydes is 1. The third-order valence-corrected chi connectivity index (χ3v) is 9.90. The lowest BCUT2D eigenvalue weighted by atomic mass is 9.93. The number of piperidine rings is 1. The standard InChI is InChI=1S/C20H35NO5.C16H23NO2.C6H14.C2H4O/c1-5-7-9-26-15(4)14(3)10-16(8-6-2)11-21-12-18(23)20(25)19(24)17(21)13-22;1-12-13(2)17(10-4-7-16(12)19)11-14-5-3-6-15(18)9-8-14;1-3-5-6-4-2;1-2-3/h8,10,17-20,22-25H,4-7,9,11-13H2,1-3H3;5,8-9,12-13,15-16,18-19H,4,7,10-11H2,1-2H3;3-6H2,1-2H3;2H,1H3/b14-10-,16-8+;;;/t17-,18+,19-,20-;12-,13?,15?,16?;;/m11../s1. The van der Waals surface area contributed by atoms with E-state index in [0.29, 0.717) is 25.0 Å². The van der Waals surface area contributed by atoms with Gasteiger partial charge in [0.05, 0.1) is 31.5 Å². The summed E-state index contributed by atoms with van der Waals surface area (Å²) in [5.41, 5.74) is 3.03. The maximum Gasteiger partial charge on any atom is 0.134 e. The van der Waals surface area contributed by atoms with Crippen LogP contribution in [0.1, 0.15) is 113 Å². The normalized spacial score (nSPS) is 27.5. The predicted molar refractivity (Wildman–Crippen MR) is 221 cm³/mol. The van der Waals surface area contributed by atoms with Gasteiger partial charge in [-0.2, -0.15) is 0 Å². The SMILES string of the molecule is C=C(OCCCC)/C(C)=C\C(=C/CC)CN1C[C@H](O)[C@@H](O)[C@H](O)[C@H]1CO.CC1[C@@H](C)C(O)CCCN1CC1=CC#CC(O)C=C1.CC=O.CCCCCC. The van der Waals surface area contributed by atoms with Gasteiger partial charge in [-0.25, -0.2) is 0 Å². The van der Waals surface area contributed by atoms with E-state index in [4.69, 9.17) is 9.53 Å². The highest BCUT2D eigenvalue weighted by Crippen LogP contribution is 2.25. The number of carbonyl (C=O) groups is 1. The Balaban J connectivity index is 0.000000871. The Kier molecular flexibility index (Phi) is 29.1. The van der Waals surface area contributed by atoms with Crippen LogP contribution < -0.4 is 0 Å². The Labute approximate surface area is 328 Å². The third kappa shape index (κ3) is 20.4. The molecular formula is C44H76N2O8. The molecule has 2 aliphatic heterocycles. The Morgan fingerprint density at radius 3 is 2.19 bits per heavy atom. The summed E-state index contributed by atoms with van der Waals surface area (Å²) in [5, 5.41) is 59.0. The second-order valence-electron chi connectivity index (χ2n) is 14.4. The molecule has 54 heavy (non-hydrogen) atoms. The van der Waals surface area contributed by atoms with Gasteiger partial charge in [0.1, 0.15) is 30.4 Å². The Morgan fingerprint density at radius 2 is 1.61 bits per heavy atom. The number of ether oxygens (including phenoxy) is 1. The van der Waals surface area contributed by atoms with Crippen LogP contribution in [0.5, 0.6) is 0 Å². The quantitative estimate of drug-likeness (QED) is 0.0416. The average molecular weight is 761 g/mol. The minimum atomic E-state index is -1.24. The van der Waals surface area contributed by atoms with E-state index in [2.05, 4.69) is 64.0 Å². The molecule has 0 radical (unpaired) electrons. The molecule has 0 aromatic carbocycles. The largest absolute Gasteiger partial charge is 0.494 e. The van der Waals surface area contributed by atoms with Crippen LogP contribution in [0.3, 0.4) is 0 Å². The van der Waals surface area contributed by atoms with Gasteiger partial charge in [0, 0.05) is 25.7 Å². The first kappa shape index (κ1) is 51.4. The zero-order valence-electron chi connectivity index (χ0n) is 34.8. The lowest BCUT2D eigenvalue weighted by Gasteiger charge is -2.43. The van der Waals surface area contributed by atoms with Crippen LogP contribution in [0.4, 0.5) is 0 Å². The highest BCUT2D eigenvalue weighted by molar-refractivity contribution is 5.44. The van der Waals surface area contributed by atoms with Crippen molar-refractivity contribution in [1.82, 2.24) is 9.80 Å². The van der Waals surface area contributed by atoms with Crippen molar-refractivity contribution in [3.8, 4) is 11.8 Å².